The molecule has 2 fully saturated rings. The zero-order valence-corrected chi connectivity index (χ0v) is 7.49. The molecule has 1 heteroatoms. The highest BCUT2D eigenvalue weighted by molar-refractivity contribution is 5.85. The zero-order valence-electron chi connectivity index (χ0n) is 7.49. The van der Waals surface area contributed by atoms with Gasteiger partial charge in [-0.15, -0.1) is 0 Å². The summed E-state index contributed by atoms with van der Waals surface area (Å²) in [5.74, 6) is 1.13. The summed E-state index contributed by atoms with van der Waals surface area (Å²) in [6.07, 6.45) is 2.86. The zero-order chi connectivity index (χ0) is 8.89. The van der Waals surface area contributed by atoms with E-state index in [-0.39, 0.29) is 5.41 Å². The number of rotatable bonds is 1. The minimum atomic E-state index is 0.276. The van der Waals surface area contributed by atoms with E-state index in [1.54, 1.807) is 0 Å². The van der Waals surface area contributed by atoms with E-state index in [9.17, 15) is 4.79 Å². The molecule has 13 heavy (non-hydrogen) atoms. The normalized spacial score (nSPS) is 36.0. The fourth-order valence-electron chi connectivity index (χ4n) is 2.79. The lowest BCUT2D eigenvalue weighted by Gasteiger charge is -2.10. The summed E-state index contributed by atoms with van der Waals surface area (Å²) in [4.78, 5) is 11.3. The minimum absolute atomic E-state index is 0.276. The third-order valence-electron chi connectivity index (χ3n) is 3.57. The Morgan fingerprint density at radius 2 is 2.00 bits per heavy atom. The van der Waals surface area contributed by atoms with Gasteiger partial charge < -0.3 is 0 Å². The summed E-state index contributed by atoms with van der Waals surface area (Å²) < 4.78 is 0. The second-order valence-corrected chi connectivity index (χ2v) is 4.34. The second-order valence-electron chi connectivity index (χ2n) is 4.34. The van der Waals surface area contributed by atoms with Gasteiger partial charge in [0.1, 0.15) is 5.78 Å². The van der Waals surface area contributed by atoms with E-state index in [0.29, 0.717) is 11.7 Å². The van der Waals surface area contributed by atoms with Gasteiger partial charge in [0.05, 0.1) is 0 Å². The van der Waals surface area contributed by atoms with Crippen molar-refractivity contribution in [2.45, 2.75) is 24.7 Å². The molecule has 0 amide bonds. The van der Waals surface area contributed by atoms with Crippen LogP contribution in [0.1, 0.15) is 24.8 Å². The lowest BCUT2D eigenvalue weighted by molar-refractivity contribution is -0.118. The maximum absolute atomic E-state index is 11.3. The summed E-state index contributed by atoms with van der Waals surface area (Å²) >= 11 is 0. The van der Waals surface area contributed by atoms with Gasteiger partial charge in [-0.1, -0.05) is 30.3 Å². The molecule has 1 nitrogen and oxygen atoms in total. The Morgan fingerprint density at radius 1 is 1.23 bits per heavy atom. The molecule has 1 aromatic carbocycles. The van der Waals surface area contributed by atoms with Crippen LogP contribution in [0.3, 0.4) is 0 Å². The molecule has 0 aromatic heterocycles. The Morgan fingerprint density at radius 3 is 2.62 bits per heavy atom. The molecule has 66 valence electrons. The molecule has 2 aliphatic rings. The Kier molecular flexibility index (Phi) is 1.25. The monoisotopic (exact) mass is 172 g/mol. The average Bonchev–Trinajstić information content (AvgIpc) is 2.72. The Bertz CT molecular complexity index is 355. The van der Waals surface area contributed by atoms with Gasteiger partial charge in [0.2, 0.25) is 0 Å². The number of benzene rings is 1. The second kappa shape index (κ2) is 2.22. The van der Waals surface area contributed by atoms with Crippen LogP contribution >= 0.6 is 0 Å². The van der Waals surface area contributed by atoms with E-state index in [1.165, 1.54) is 12.0 Å². The highest BCUT2D eigenvalue weighted by Gasteiger charge is 2.60. The van der Waals surface area contributed by atoms with Crippen molar-refractivity contribution in [3.05, 3.63) is 35.9 Å². The first-order valence-electron chi connectivity index (χ1n) is 4.88. The van der Waals surface area contributed by atoms with Crippen LogP contribution in [0.15, 0.2) is 30.3 Å². The summed E-state index contributed by atoms with van der Waals surface area (Å²) in [5, 5.41) is 0. The summed E-state index contributed by atoms with van der Waals surface area (Å²) in [7, 11) is 0. The number of fused-ring (bicyclic) bond motifs is 1. The molecule has 0 aliphatic heterocycles. The van der Waals surface area contributed by atoms with Crippen molar-refractivity contribution < 1.29 is 4.79 Å². The van der Waals surface area contributed by atoms with Gasteiger partial charge in [0.15, 0.2) is 0 Å². The quantitative estimate of drug-likeness (QED) is 0.635. The Hall–Kier alpha value is -1.11. The minimum Gasteiger partial charge on any atom is -0.300 e. The van der Waals surface area contributed by atoms with Crippen molar-refractivity contribution in [3.63, 3.8) is 0 Å². The van der Waals surface area contributed by atoms with Gasteiger partial charge in [-0.25, -0.2) is 0 Å². The fraction of sp³-hybridized carbons (Fsp3) is 0.417. The van der Waals surface area contributed by atoms with Crippen LogP contribution in [0.4, 0.5) is 0 Å². The van der Waals surface area contributed by atoms with E-state index in [2.05, 4.69) is 24.3 Å². The first-order chi connectivity index (χ1) is 6.31. The summed E-state index contributed by atoms with van der Waals surface area (Å²) in [5.41, 5.74) is 1.66. The predicted molar refractivity (Wildman–Crippen MR) is 50.5 cm³/mol. The largest absolute Gasteiger partial charge is 0.300 e. The number of Topliss-reactive ketones (excluding diaryl/α,β-unsaturated/α-hetero) is 1. The Labute approximate surface area is 77.8 Å². The van der Waals surface area contributed by atoms with Crippen molar-refractivity contribution in [1.29, 1.82) is 0 Å². The van der Waals surface area contributed by atoms with Gasteiger partial charge in [0, 0.05) is 18.3 Å². The molecule has 3 rings (SSSR count). The van der Waals surface area contributed by atoms with Crippen LogP contribution in [0, 0.1) is 5.92 Å². The highest BCUT2D eigenvalue weighted by atomic mass is 16.1. The third kappa shape index (κ3) is 0.902. The van der Waals surface area contributed by atoms with Crippen molar-refractivity contribution in [2.24, 2.45) is 5.92 Å². The number of carbonyl (C=O) groups is 1. The lowest BCUT2D eigenvalue weighted by Crippen LogP contribution is -2.07. The molecule has 0 radical (unpaired) electrons. The topological polar surface area (TPSA) is 17.1 Å². The lowest BCUT2D eigenvalue weighted by atomic mass is 9.93. The van der Waals surface area contributed by atoms with Crippen LogP contribution in [0.5, 0.6) is 0 Å². The molecule has 0 saturated heterocycles. The highest BCUT2D eigenvalue weighted by Crippen LogP contribution is 2.62. The third-order valence-corrected chi connectivity index (χ3v) is 3.57. The average molecular weight is 172 g/mol. The molecule has 0 bridgehead atoms. The fourth-order valence-corrected chi connectivity index (χ4v) is 2.79. The molecule has 2 aliphatic carbocycles. The number of carbonyl (C=O) groups excluding carboxylic acids is 1. The number of hydrogen-bond acceptors (Lipinski definition) is 1. The maximum Gasteiger partial charge on any atom is 0.134 e. The van der Waals surface area contributed by atoms with E-state index in [4.69, 9.17) is 0 Å². The molecule has 0 spiro atoms. The molecular weight excluding hydrogens is 160 g/mol. The maximum atomic E-state index is 11.3. The molecule has 2 saturated carbocycles. The van der Waals surface area contributed by atoms with Crippen LogP contribution in [0.25, 0.3) is 0 Å². The van der Waals surface area contributed by atoms with Crippen molar-refractivity contribution in [1.82, 2.24) is 0 Å². The van der Waals surface area contributed by atoms with Crippen molar-refractivity contribution in [3.8, 4) is 0 Å². The van der Waals surface area contributed by atoms with Gasteiger partial charge in [-0.2, -0.15) is 0 Å². The molecule has 1 aromatic rings. The summed E-state index contributed by atoms with van der Waals surface area (Å²) in [6, 6.07) is 10.5. The van der Waals surface area contributed by atoms with Crippen LogP contribution in [0.2, 0.25) is 0 Å². The van der Waals surface area contributed by atoms with Crippen LogP contribution in [-0.2, 0) is 10.2 Å². The van der Waals surface area contributed by atoms with E-state index in [0.717, 1.165) is 12.8 Å². The standard InChI is InChI=1S/C12H12O/c13-11-6-10-7-12(10,8-11)9-4-2-1-3-5-9/h1-5,10H,6-8H2. The summed E-state index contributed by atoms with van der Waals surface area (Å²) in [6.45, 7) is 0. The molecule has 2 atom stereocenters. The number of ketones is 1. The van der Waals surface area contributed by atoms with E-state index >= 15 is 0 Å². The SMILES string of the molecule is O=C1CC2CC2(c2ccccc2)C1. The van der Waals surface area contributed by atoms with Crippen LogP contribution in [-0.4, -0.2) is 5.78 Å². The smallest absolute Gasteiger partial charge is 0.134 e. The number of hydrogen-bond donors (Lipinski definition) is 0. The molecular formula is C12H12O. The van der Waals surface area contributed by atoms with Crippen LogP contribution < -0.4 is 0 Å². The molecule has 0 N–H and O–H groups in total. The van der Waals surface area contributed by atoms with E-state index < -0.39 is 0 Å². The first kappa shape index (κ1) is 7.31. The van der Waals surface area contributed by atoms with Gasteiger partial charge >= 0.3 is 0 Å². The van der Waals surface area contributed by atoms with Gasteiger partial charge in [-0.05, 0) is 17.9 Å². The van der Waals surface area contributed by atoms with Gasteiger partial charge in [0.25, 0.3) is 0 Å². The molecule has 0 heterocycles. The van der Waals surface area contributed by atoms with Gasteiger partial charge in [-0.3, -0.25) is 4.79 Å². The Balaban J connectivity index is 2.00. The van der Waals surface area contributed by atoms with Crippen molar-refractivity contribution in [2.75, 3.05) is 0 Å². The first-order valence-corrected chi connectivity index (χ1v) is 4.88. The molecule has 2 unspecified atom stereocenters. The van der Waals surface area contributed by atoms with Crippen molar-refractivity contribution >= 4 is 5.78 Å². The van der Waals surface area contributed by atoms with E-state index in [1.807, 2.05) is 6.07 Å². The predicted octanol–water partition coefficient (Wildman–Crippen LogP) is 2.31.